The molecule has 0 amide bonds. The zero-order valence-electron chi connectivity index (χ0n) is 8.34. The van der Waals surface area contributed by atoms with Gasteiger partial charge in [0.15, 0.2) is 0 Å². The fourth-order valence-corrected chi connectivity index (χ4v) is 1.92. The number of nitrogens with zero attached hydrogens (tertiary/aromatic N) is 2. The number of nitrogens with one attached hydrogen (secondary N) is 1. The molecule has 0 unspecified atom stereocenters. The number of hydrogen-bond acceptors (Lipinski definition) is 4. The second-order valence-electron chi connectivity index (χ2n) is 2.91. The molecule has 1 aromatic heterocycles. The van der Waals surface area contributed by atoms with E-state index in [-0.39, 0.29) is 0 Å². The van der Waals surface area contributed by atoms with E-state index < -0.39 is 0 Å². The minimum atomic E-state index is 0.788. The Labute approximate surface area is 93.0 Å². The van der Waals surface area contributed by atoms with Gasteiger partial charge in [0.05, 0.1) is 12.4 Å². The van der Waals surface area contributed by atoms with Crippen LogP contribution in [0.1, 0.15) is 0 Å². The Kier molecular flexibility index (Phi) is 3.19. The second kappa shape index (κ2) is 4.79. The molecular weight excluding hydrogens is 206 g/mol. The van der Waals surface area contributed by atoms with Crippen LogP contribution < -0.4 is 5.32 Å². The van der Waals surface area contributed by atoms with E-state index in [0.717, 1.165) is 10.8 Å². The van der Waals surface area contributed by atoms with Crippen molar-refractivity contribution in [1.29, 1.82) is 0 Å². The van der Waals surface area contributed by atoms with E-state index in [0.29, 0.717) is 0 Å². The molecule has 0 aliphatic heterocycles. The van der Waals surface area contributed by atoms with Gasteiger partial charge in [-0.3, -0.25) is 4.98 Å². The first-order valence-electron chi connectivity index (χ1n) is 4.61. The number of hydrogen-bond donors (Lipinski definition) is 1. The molecule has 0 aliphatic carbocycles. The van der Waals surface area contributed by atoms with Gasteiger partial charge in [0, 0.05) is 11.9 Å². The first-order chi connectivity index (χ1) is 7.38. The third-order valence-corrected chi connectivity index (χ3v) is 2.75. The lowest BCUT2D eigenvalue weighted by Gasteiger charge is -2.02. The molecule has 0 aliphatic rings. The summed E-state index contributed by atoms with van der Waals surface area (Å²) in [6.07, 6.45) is 3.47. The highest BCUT2D eigenvalue weighted by Crippen LogP contribution is 2.25. The van der Waals surface area contributed by atoms with Crippen molar-refractivity contribution >= 4 is 17.6 Å². The van der Waals surface area contributed by atoms with Crippen molar-refractivity contribution in [3.05, 3.63) is 42.7 Å². The van der Waals surface area contributed by atoms with Gasteiger partial charge in [-0.1, -0.05) is 30.0 Å². The van der Waals surface area contributed by atoms with Crippen molar-refractivity contribution < 1.29 is 0 Å². The standard InChI is InChI=1S/C11H11N3S/c1-12-10-7-13-8-11(14-10)15-9-5-3-2-4-6-9/h2-8H,1H3,(H,12,14). The van der Waals surface area contributed by atoms with E-state index >= 15 is 0 Å². The quantitative estimate of drug-likeness (QED) is 0.857. The van der Waals surface area contributed by atoms with Crippen molar-refractivity contribution in [2.75, 3.05) is 12.4 Å². The summed E-state index contributed by atoms with van der Waals surface area (Å²) in [4.78, 5) is 9.65. The Balaban J connectivity index is 2.17. The smallest absolute Gasteiger partial charge is 0.145 e. The van der Waals surface area contributed by atoms with Crippen molar-refractivity contribution in [2.45, 2.75) is 9.92 Å². The minimum Gasteiger partial charge on any atom is -0.372 e. The second-order valence-corrected chi connectivity index (χ2v) is 4.00. The molecule has 0 saturated carbocycles. The van der Waals surface area contributed by atoms with Gasteiger partial charge >= 0.3 is 0 Å². The summed E-state index contributed by atoms with van der Waals surface area (Å²) in [5, 5.41) is 3.86. The van der Waals surface area contributed by atoms with Crippen molar-refractivity contribution in [2.24, 2.45) is 0 Å². The maximum absolute atomic E-state index is 4.38. The average Bonchev–Trinajstić information content (AvgIpc) is 2.31. The summed E-state index contributed by atoms with van der Waals surface area (Å²) < 4.78 is 0. The fraction of sp³-hybridized carbons (Fsp3) is 0.0909. The lowest BCUT2D eigenvalue weighted by molar-refractivity contribution is 1.05. The number of anilines is 1. The normalized spacial score (nSPS) is 9.93. The molecule has 0 fully saturated rings. The molecule has 0 radical (unpaired) electrons. The van der Waals surface area contributed by atoms with Gasteiger partial charge in [0.25, 0.3) is 0 Å². The largest absolute Gasteiger partial charge is 0.372 e. The molecule has 0 spiro atoms. The van der Waals surface area contributed by atoms with Gasteiger partial charge < -0.3 is 5.32 Å². The summed E-state index contributed by atoms with van der Waals surface area (Å²) >= 11 is 1.60. The van der Waals surface area contributed by atoms with Crippen LogP contribution in [0.5, 0.6) is 0 Å². The van der Waals surface area contributed by atoms with Crippen LogP contribution in [0.25, 0.3) is 0 Å². The number of benzene rings is 1. The number of rotatable bonds is 3. The molecule has 76 valence electrons. The highest BCUT2D eigenvalue weighted by atomic mass is 32.2. The molecule has 2 aromatic rings. The zero-order valence-corrected chi connectivity index (χ0v) is 9.16. The van der Waals surface area contributed by atoms with E-state index in [1.807, 2.05) is 25.2 Å². The predicted octanol–water partition coefficient (Wildman–Crippen LogP) is 2.67. The fourth-order valence-electron chi connectivity index (χ4n) is 1.13. The Morgan fingerprint density at radius 2 is 1.93 bits per heavy atom. The molecule has 1 N–H and O–H groups in total. The Morgan fingerprint density at radius 3 is 2.67 bits per heavy atom. The molecule has 2 rings (SSSR count). The van der Waals surface area contributed by atoms with Crippen molar-refractivity contribution in [1.82, 2.24) is 9.97 Å². The molecule has 4 heteroatoms. The Hall–Kier alpha value is -1.55. The van der Waals surface area contributed by atoms with Gasteiger partial charge in [-0.25, -0.2) is 4.98 Å². The van der Waals surface area contributed by atoms with Crippen LogP contribution in [-0.4, -0.2) is 17.0 Å². The van der Waals surface area contributed by atoms with Gasteiger partial charge in [-0.2, -0.15) is 0 Å². The molecule has 0 bridgehead atoms. The highest BCUT2D eigenvalue weighted by Gasteiger charge is 1.99. The van der Waals surface area contributed by atoms with Gasteiger partial charge in [0.1, 0.15) is 10.8 Å². The first-order valence-corrected chi connectivity index (χ1v) is 5.43. The molecule has 3 nitrogen and oxygen atoms in total. The topological polar surface area (TPSA) is 37.8 Å². The summed E-state index contributed by atoms with van der Waals surface area (Å²) in [6, 6.07) is 10.1. The average molecular weight is 217 g/mol. The lowest BCUT2D eigenvalue weighted by atomic mass is 10.4. The monoisotopic (exact) mass is 217 g/mol. The van der Waals surface area contributed by atoms with E-state index in [1.165, 1.54) is 4.90 Å². The molecule has 1 heterocycles. The van der Waals surface area contributed by atoms with E-state index in [9.17, 15) is 0 Å². The minimum absolute atomic E-state index is 0.788. The highest BCUT2D eigenvalue weighted by molar-refractivity contribution is 7.99. The van der Waals surface area contributed by atoms with Crippen molar-refractivity contribution in [3.63, 3.8) is 0 Å². The van der Waals surface area contributed by atoms with Crippen LogP contribution in [0.4, 0.5) is 5.82 Å². The Morgan fingerprint density at radius 1 is 1.13 bits per heavy atom. The SMILES string of the molecule is CNc1cncc(Sc2ccccc2)n1. The third-order valence-electron chi connectivity index (χ3n) is 1.83. The molecular formula is C11H11N3S. The zero-order chi connectivity index (χ0) is 10.5. The van der Waals surface area contributed by atoms with Crippen LogP contribution in [0, 0.1) is 0 Å². The summed E-state index contributed by atoms with van der Waals surface area (Å²) in [5.41, 5.74) is 0. The van der Waals surface area contributed by atoms with Crippen LogP contribution in [0.3, 0.4) is 0 Å². The summed E-state index contributed by atoms with van der Waals surface area (Å²) in [5.74, 6) is 0.788. The summed E-state index contributed by atoms with van der Waals surface area (Å²) in [7, 11) is 1.83. The van der Waals surface area contributed by atoms with Gasteiger partial charge in [0.2, 0.25) is 0 Å². The predicted molar refractivity (Wildman–Crippen MR) is 62.1 cm³/mol. The van der Waals surface area contributed by atoms with Gasteiger partial charge in [-0.05, 0) is 12.1 Å². The number of aromatic nitrogens is 2. The third kappa shape index (κ3) is 2.70. The van der Waals surface area contributed by atoms with Crippen LogP contribution in [0.15, 0.2) is 52.6 Å². The molecule has 0 atom stereocenters. The Bertz CT molecular complexity index is 431. The van der Waals surface area contributed by atoms with Crippen molar-refractivity contribution in [3.8, 4) is 0 Å². The van der Waals surface area contributed by atoms with Crippen LogP contribution >= 0.6 is 11.8 Å². The molecule has 15 heavy (non-hydrogen) atoms. The molecule has 1 aromatic carbocycles. The van der Waals surface area contributed by atoms with E-state index in [2.05, 4.69) is 27.4 Å². The first kappa shape index (κ1) is 9.98. The van der Waals surface area contributed by atoms with Crippen LogP contribution in [0.2, 0.25) is 0 Å². The van der Waals surface area contributed by atoms with E-state index in [1.54, 1.807) is 24.2 Å². The molecule has 0 saturated heterocycles. The van der Waals surface area contributed by atoms with Gasteiger partial charge in [-0.15, -0.1) is 0 Å². The van der Waals surface area contributed by atoms with E-state index in [4.69, 9.17) is 0 Å². The van der Waals surface area contributed by atoms with Crippen LogP contribution in [-0.2, 0) is 0 Å². The summed E-state index contributed by atoms with van der Waals surface area (Å²) in [6.45, 7) is 0. The lowest BCUT2D eigenvalue weighted by Crippen LogP contribution is -1.93. The maximum Gasteiger partial charge on any atom is 0.145 e. The maximum atomic E-state index is 4.38.